The van der Waals surface area contributed by atoms with Crippen LogP contribution in [0.3, 0.4) is 0 Å². The van der Waals surface area contributed by atoms with E-state index in [4.69, 9.17) is 0 Å². The molecule has 0 radical (unpaired) electrons. The monoisotopic (exact) mass is 357 g/mol. The van der Waals surface area contributed by atoms with Crippen LogP contribution < -0.4 is 0 Å². The van der Waals surface area contributed by atoms with Crippen LogP contribution >= 0.6 is 0 Å². The molecular formula is C4H9B3F12K-3. The summed E-state index contributed by atoms with van der Waals surface area (Å²) in [6.07, 6.45) is 2.86. The normalized spacial score (nSPS) is 11.2. The standard InChI is InChI=1S/C4H9.3BF4.K/c1-3-4-2;3*2-1(3,4)5;/h1,3-4H2,2H3;;;;/q;3*-1;. The molecule has 0 rings (SSSR count). The van der Waals surface area contributed by atoms with E-state index in [2.05, 4.69) is 6.92 Å². The van der Waals surface area contributed by atoms with Crippen LogP contribution in [0.15, 0.2) is 0 Å². The van der Waals surface area contributed by atoms with Crippen LogP contribution in [0.2, 0.25) is 0.515 Å². The average Bonchev–Trinajstić information content (AvgIpc) is 1.94. The summed E-state index contributed by atoms with van der Waals surface area (Å²) in [7, 11) is -18.0. The van der Waals surface area contributed by atoms with Gasteiger partial charge in [-0.15, -0.1) is 0 Å². The maximum absolute atomic E-state index is 9.75. The van der Waals surface area contributed by atoms with Gasteiger partial charge >= 0.3 is 91.0 Å². The van der Waals surface area contributed by atoms with Crippen LogP contribution in [-0.2, 0) is 0 Å². The van der Waals surface area contributed by atoms with Gasteiger partial charge in [0, 0.05) is 0 Å². The maximum atomic E-state index is 9.75. The molecule has 0 amide bonds. The molecule has 0 bridgehead atoms. The van der Waals surface area contributed by atoms with Crippen LogP contribution in [0.1, 0.15) is 19.8 Å². The Bertz CT molecular complexity index is 138. The Balaban J connectivity index is -0.0000000853. The summed E-state index contributed by atoms with van der Waals surface area (Å²) >= 11 is 1.11. The molecule has 0 nitrogen and oxygen atoms in total. The van der Waals surface area contributed by atoms with Gasteiger partial charge in [-0.1, -0.05) is 0 Å². The van der Waals surface area contributed by atoms with Crippen molar-refractivity contribution in [3.63, 3.8) is 0 Å². The fourth-order valence-corrected chi connectivity index (χ4v) is 1.46. The molecule has 122 valence electrons. The van der Waals surface area contributed by atoms with Gasteiger partial charge in [0.1, 0.15) is 0 Å². The number of hydrogen-bond donors (Lipinski definition) is 0. The summed E-state index contributed by atoms with van der Waals surface area (Å²) in [4.78, 5) is 0. The van der Waals surface area contributed by atoms with E-state index in [-0.39, 0.29) is 0 Å². The summed E-state index contributed by atoms with van der Waals surface area (Å²) in [6, 6.07) is 0. The number of hydrogen-bond acceptors (Lipinski definition) is 0. The van der Waals surface area contributed by atoms with Crippen molar-refractivity contribution >= 4 is 70.7 Å². The zero-order chi connectivity index (χ0) is 17.6. The molecule has 0 aromatic rings. The van der Waals surface area contributed by atoms with E-state index in [1.54, 1.807) is 0 Å². The SMILES string of the molecule is CCC[CH2][K].F[B-](F)(F)F.F[B-](F)(F)F.F[B-](F)(F)F. The molecule has 0 aliphatic rings. The largest absolute Gasteiger partial charge is 0.673 e. The zero-order valence-corrected chi connectivity index (χ0v) is 13.5. The Hall–Kier alpha value is 0.991. The molecule has 0 unspecified atom stereocenters. The number of halogens is 12. The van der Waals surface area contributed by atoms with Crippen LogP contribution in [-0.4, -0.2) is 70.7 Å². The Morgan fingerprint density at radius 2 is 0.750 bits per heavy atom. The van der Waals surface area contributed by atoms with Gasteiger partial charge in [0.25, 0.3) is 0 Å². The maximum Gasteiger partial charge on any atom is 0.673 e. The molecule has 0 heterocycles. The van der Waals surface area contributed by atoms with Gasteiger partial charge in [0.05, 0.1) is 0 Å². The van der Waals surface area contributed by atoms with E-state index >= 15 is 0 Å². The smallest absolute Gasteiger partial charge is 0.418 e. The molecular weight excluding hydrogens is 348 g/mol. The second-order valence-corrected chi connectivity index (χ2v) is 4.40. The first-order valence-corrected chi connectivity index (χ1v) is 7.24. The summed E-state index contributed by atoms with van der Waals surface area (Å²) in [6.45, 7) is 2.24. The van der Waals surface area contributed by atoms with Gasteiger partial charge in [-0.05, 0) is 0 Å². The fourth-order valence-electron chi connectivity index (χ4n) is 0.354. The molecule has 0 aliphatic carbocycles. The second kappa shape index (κ2) is 14.9. The van der Waals surface area contributed by atoms with E-state index in [1.807, 2.05) is 0 Å². The van der Waals surface area contributed by atoms with E-state index in [1.165, 1.54) is 13.4 Å². The van der Waals surface area contributed by atoms with Gasteiger partial charge in [-0.25, -0.2) is 0 Å². The molecule has 0 atom stereocenters. The van der Waals surface area contributed by atoms with Crippen LogP contribution in [0, 0.1) is 0 Å². The van der Waals surface area contributed by atoms with Crippen molar-refractivity contribution < 1.29 is 51.8 Å². The third-order valence-corrected chi connectivity index (χ3v) is 1.81. The van der Waals surface area contributed by atoms with Crippen molar-refractivity contribution in [3.05, 3.63) is 0 Å². The molecule has 0 aliphatic heterocycles. The third kappa shape index (κ3) is 687. The minimum Gasteiger partial charge on any atom is -0.418 e. The summed E-state index contributed by atoms with van der Waals surface area (Å²) in [5.74, 6) is 0. The predicted molar refractivity (Wildman–Crippen MR) is 56.0 cm³/mol. The minimum atomic E-state index is -6.00. The first kappa shape index (κ1) is 29.1. The third-order valence-electron chi connectivity index (χ3n) is 0.707. The van der Waals surface area contributed by atoms with Crippen LogP contribution in [0.25, 0.3) is 0 Å². The molecule has 16 heteroatoms. The molecule has 0 N–H and O–H groups in total. The molecule has 0 fully saturated rings. The second-order valence-electron chi connectivity index (χ2n) is 2.84. The van der Waals surface area contributed by atoms with E-state index in [0.29, 0.717) is 0 Å². The van der Waals surface area contributed by atoms with Crippen molar-refractivity contribution in [1.82, 2.24) is 0 Å². The average molecular weight is 357 g/mol. The summed E-state index contributed by atoms with van der Waals surface area (Å²) in [5.41, 5.74) is 0. The van der Waals surface area contributed by atoms with E-state index < -0.39 is 21.8 Å². The van der Waals surface area contributed by atoms with E-state index in [0.717, 1.165) is 49.0 Å². The van der Waals surface area contributed by atoms with Gasteiger partial charge in [-0.3, -0.25) is 0 Å². The Morgan fingerprint density at radius 3 is 0.750 bits per heavy atom. The minimum absolute atomic E-state index is 1.11. The Morgan fingerprint density at radius 1 is 0.600 bits per heavy atom. The molecule has 0 spiro atoms. The Labute approximate surface area is 141 Å². The summed E-state index contributed by atoms with van der Waals surface area (Å²) in [5, 5.41) is 0. The van der Waals surface area contributed by atoms with Crippen molar-refractivity contribution in [2.45, 2.75) is 20.3 Å². The number of unbranched alkanes of at least 4 members (excludes halogenated alkanes) is 1. The topological polar surface area (TPSA) is 0 Å². The molecule has 0 aromatic carbocycles. The van der Waals surface area contributed by atoms with Crippen LogP contribution in [0.5, 0.6) is 0 Å². The first-order valence-electron chi connectivity index (χ1n) is 5.03. The first-order chi connectivity index (χ1) is 8.41. The van der Waals surface area contributed by atoms with Crippen molar-refractivity contribution in [2.75, 3.05) is 0 Å². The van der Waals surface area contributed by atoms with Crippen molar-refractivity contribution in [2.24, 2.45) is 0 Å². The predicted octanol–water partition coefficient (Wildman–Crippen LogP) is 5.27. The van der Waals surface area contributed by atoms with Gasteiger partial charge in [0.15, 0.2) is 0 Å². The van der Waals surface area contributed by atoms with Gasteiger partial charge in [0.2, 0.25) is 0 Å². The zero-order valence-electron chi connectivity index (χ0n) is 10.4. The molecule has 0 saturated heterocycles. The van der Waals surface area contributed by atoms with Crippen LogP contribution in [0.4, 0.5) is 51.8 Å². The van der Waals surface area contributed by atoms with Crippen molar-refractivity contribution in [1.29, 1.82) is 0 Å². The number of rotatable bonds is 2. The quantitative estimate of drug-likeness (QED) is 0.467. The van der Waals surface area contributed by atoms with Gasteiger partial charge < -0.3 is 51.8 Å². The van der Waals surface area contributed by atoms with Crippen molar-refractivity contribution in [3.8, 4) is 0 Å². The molecule has 0 aromatic heterocycles. The molecule has 20 heavy (non-hydrogen) atoms. The van der Waals surface area contributed by atoms with Gasteiger partial charge in [-0.2, -0.15) is 0 Å². The van der Waals surface area contributed by atoms with E-state index in [9.17, 15) is 51.8 Å². The fraction of sp³-hybridized carbons (Fsp3) is 1.00. The summed E-state index contributed by atoms with van der Waals surface area (Å²) < 4.78 is 119. The molecule has 0 saturated carbocycles. The Kier molecular flexibility index (Phi) is 21.7.